The average molecular weight is 471 g/mol. The van der Waals surface area contributed by atoms with Crippen molar-refractivity contribution in [1.82, 2.24) is 0 Å². The maximum absolute atomic E-state index is 13.6. The van der Waals surface area contributed by atoms with E-state index in [0.717, 1.165) is 12.1 Å². The normalized spacial score (nSPS) is 12.3. The fraction of sp³-hybridized carbons (Fsp3) is 0.190. The van der Waals surface area contributed by atoms with Crippen LogP contribution >= 0.6 is 11.6 Å². The minimum absolute atomic E-state index is 0.134. The van der Waals surface area contributed by atoms with Gasteiger partial charge in [0.05, 0.1) is 18.1 Å². The van der Waals surface area contributed by atoms with E-state index in [0.29, 0.717) is 0 Å². The Balaban J connectivity index is 2.07. The second-order valence-electron chi connectivity index (χ2n) is 6.40. The first-order valence-corrected chi connectivity index (χ1v) is 9.35. The molecule has 0 aliphatic heterocycles. The molecule has 1 aromatic heterocycles. The first-order valence-electron chi connectivity index (χ1n) is 8.91. The summed E-state index contributed by atoms with van der Waals surface area (Å²) in [7, 11) is 1.17. The number of carbonyl (C=O) groups excluding carboxylic acids is 2. The number of rotatable bonds is 5. The lowest BCUT2D eigenvalue weighted by Crippen LogP contribution is -2.18. The number of benzene rings is 2. The fourth-order valence-electron chi connectivity index (χ4n) is 2.59. The number of hydrogen-bond donors (Lipinski definition) is 0. The van der Waals surface area contributed by atoms with Crippen molar-refractivity contribution in [1.29, 1.82) is 0 Å². The molecular weight excluding hydrogens is 457 g/mol. The Morgan fingerprint density at radius 1 is 1.06 bits per heavy atom. The van der Waals surface area contributed by atoms with E-state index in [9.17, 15) is 27.6 Å². The molecule has 1 atom stereocenters. The standard InChI is InChI=1S/C21H14ClF3O7/c1-10(22)19(27)31-13-7-8-14-15(9-13)32-18(21(23,24)25)17(16(14)26)30-12-5-3-11(4-6-12)20(28)29-2/h3-10H,1-2H3. The van der Waals surface area contributed by atoms with Gasteiger partial charge in [0.2, 0.25) is 11.2 Å². The van der Waals surface area contributed by atoms with Crippen molar-refractivity contribution in [2.75, 3.05) is 7.11 Å². The minimum Gasteiger partial charge on any atom is -0.465 e. The highest BCUT2D eigenvalue weighted by molar-refractivity contribution is 6.29. The van der Waals surface area contributed by atoms with Gasteiger partial charge in [-0.2, -0.15) is 13.2 Å². The van der Waals surface area contributed by atoms with Crippen LogP contribution < -0.4 is 14.9 Å². The van der Waals surface area contributed by atoms with Gasteiger partial charge < -0.3 is 18.6 Å². The highest BCUT2D eigenvalue weighted by Gasteiger charge is 2.40. The van der Waals surface area contributed by atoms with Gasteiger partial charge in [0.25, 0.3) is 5.76 Å². The molecule has 0 radical (unpaired) electrons. The number of carbonyl (C=O) groups is 2. The maximum Gasteiger partial charge on any atom is 0.453 e. The van der Waals surface area contributed by atoms with Crippen LogP contribution in [-0.2, 0) is 15.7 Å². The largest absolute Gasteiger partial charge is 0.465 e. The van der Waals surface area contributed by atoms with Gasteiger partial charge in [-0.1, -0.05) is 0 Å². The quantitative estimate of drug-likeness (QED) is 0.297. The summed E-state index contributed by atoms with van der Waals surface area (Å²) in [6.07, 6.45) is -5.08. The third kappa shape index (κ3) is 4.86. The van der Waals surface area contributed by atoms with Crippen molar-refractivity contribution in [3.63, 3.8) is 0 Å². The zero-order valence-corrected chi connectivity index (χ0v) is 17.2. The molecule has 0 saturated heterocycles. The maximum atomic E-state index is 13.6. The van der Waals surface area contributed by atoms with Crippen LogP contribution in [0, 0.1) is 0 Å². The zero-order chi connectivity index (χ0) is 23.6. The molecular formula is C21H14ClF3O7. The number of methoxy groups -OCH3 is 1. The summed E-state index contributed by atoms with van der Waals surface area (Å²) >= 11 is 5.60. The van der Waals surface area contributed by atoms with E-state index < -0.39 is 46.0 Å². The van der Waals surface area contributed by atoms with Crippen molar-refractivity contribution < 1.29 is 41.4 Å². The molecule has 32 heavy (non-hydrogen) atoms. The monoisotopic (exact) mass is 470 g/mol. The summed E-state index contributed by atoms with van der Waals surface area (Å²) in [6, 6.07) is 8.23. The Labute approximate surface area is 183 Å². The lowest BCUT2D eigenvalue weighted by molar-refractivity contribution is -0.154. The van der Waals surface area contributed by atoms with E-state index in [1.165, 1.54) is 44.4 Å². The van der Waals surface area contributed by atoms with Crippen LogP contribution in [0.2, 0.25) is 0 Å². The van der Waals surface area contributed by atoms with Gasteiger partial charge in [-0.05, 0) is 43.3 Å². The van der Waals surface area contributed by atoms with Crippen LogP contribution in [-0.4, -0.2) is 24.4 Å². The number of hydrogen-bond acceptors (Lipinski definition) is 7. The predicted octanol–water partition coefficient (Wildman–Crippen LogP) is 4.92. The van der Waals surface area contributed by atoms with Crippen molar-refractivity contribution >= 4 is 34.5 Å². The Morgan fingerprint density at radius 2 is 1.69 bits per heavy atom. The predicted molar refractivity (Wildman–Crippen MR) is 106 cm³/mol. The first kappa shape index (κ1) is 23.1. The Kier molecular flexibility index (Phi) is 6.45. The van der Waals surface area contributed by atoms with Gasteiger partial charge in [-0.3, -0.25) is 9.59 Å². The summed E-state index contributed by atoms with van der Waals surface area (Å²) in [4.78, 5) is 35.9. The molecule has 11 heteroatoms. The van der Waals surface area contributed by atoms with Gasteiger partial charge in [0.15, 0.2) is 0 Å². The van der Waals surface area contributed by atoms with Gasteiger partial charge >= 0.3 is 18.1 Å². The van der Waals surface area contributed by atoms with Gasteiger partial charge in [0.1, 0.15) is 22.5 Å². The SMILES string of the molecule is COC(=O)c1ccc(Oc2c(C(F)(F)F)oc3cc(OC(=O)C(C)Cl)ccc3c2=O)cc1. The van der Waals surface area contributed by atoms with E-state index in [2.05, 4.69) is 4.74 Å². The molecule has 0 fully saturated rings. The molecule has 0 aliphatic carbocycles. The van der Waals surface area contributed by atoms with Gasteiger partial charge in [0, 0.05) is 6.07 Å². The Bertz CT molecular complexity index is 1230. The molecule has 1 heterocycles. The molecule has 0 spiro atoms. The molecule has 3 rings (SSSR count). The van der Waals surface area contributed by atoms with Crippen LogP contribution in [0.4, 0.5) is 13.2 Å². The molecule has 7 nitrogen and oxygen atoms in total. The number of esters is 2. The minimum atomic E-state index is -5.08. The second kappa shape index (κ2) is 8.91. The lowest BCUT2D eigenvalue weighted by atomic mass is 10.2. The van der Waals surface area contributed by atoms with Crippen molar-refractivity contribution in [2.45, 2.75) is 18.5 Å². The molecule has 168 valence electrons. The van der Waals surface area contributed by atoms with Gasteiger partial charge in [-0.25, -0.2) is 4.79 Å². The fourth-order valence-corrected chi connectivity index (χ4v) is 2.64. The molecule has 3 aromatic rings. The summed E-state index contributed by atoms with van der Waals surface area (Å²) < 4.78 is 60.4. The topological polar surface area (TPSA) is 92.0 Å². The van der Waals surface area contributed by atoms with Crippen LogP contribution in [0.3, 0.4) is 0 Å². The number of ether oxygens (including phenoxy) is 3. The van der Waals surface area contributed by atoms with E-state index in [1.807, 2.05) is 0 Å². The van der Waals surface area contributed by atoms with Crippen LogP contribution in [0.25, 0.3) is 11.0 Å². The summed E-state index contributed by atoms with van der Waals surface area (Å²) in [5.74, 6) is -4.55. The summed E-state index contributed by atoms with van der Waals surface area (Å²) in [5, 5.41) is -1.23. The number of alkyl halides is 4. The second-order valence-corrected chi connectivity index (χ2v) is 7.05. The van der Waals surface area contributed by atoms with E-state index in [-0.39, 0.29) is 22.4 Å². The van der Waals surface area contributed by atoms with Crippen LogP contribution in [0.1, 0.15) is 23.0 Å². The van der Waals surface area contributed by atoms with E-state index in [4.69, 9.17) is 25.5 Å². The third-order valence-electron chi connectivity index (χ3n) is 4.12. The molecule has 0 bridgehead atoms. The van der Waals surface area contributed by atoms with Crippen molar-refractivity contribution in [3.8, 4) is 17.2 Å². The van der Waals surface area contributed by atoms with E-state index >= 15 is 0 Å². The van der Waals surface area contributed by atoms with Crippen molar-refractivity contribution in [2.24, 2.45) is 0 Å². The van der Waals surface area contributed by atoms with E-state index in [1.54, 1.807) is 0 Å². The third-order valence-corrected chi connectivity index (χ3v) is 4.30. The Hall–Kier alpha value is -3.53. The van der Waals surface area contributed by atoms with Crippen molar-refractivity contribution in [3.05, 3.63) is 64.0 Å². The molecule has 0 amide bonds. The van der Waals surface area contributed by atoms with Crippen LogP contribution in [0.15, 0.2) is 51.7 Å². The smallest absolute Gasteiger partial charge is 0.453 e. The number of fused-ring (bicyclic) bond motifs is 1. The highest BCUT2D eigenvalue weighted by Crippen LogP contribution is 2.38. The zero-order valence-electron chi connectivity index (χ0n) is 16.5. The number of halogens is 4. The van der Waals surface area contributed by atoms with Crippen LogP contribution in [0.5, 0.6) is 17.2 Å². The highest BCUT2D eigenvalue weighted by atomic mass is 35.5. The summed E-state index contributed by atoms with van der Waals surface area (Å²) in [6.45, 7) is 1.36. The Morgan fingerprint density at radius 3 is 2.25 bits per heavy atom. The molecule has 0 N–H and O–H groups in total. The lowest BCUT2D eigenvalue weighted by Gasteiger charge is -2.14. The molecule has 1 unspecified atom stereocenters. The molecule has 0 aliphatic rings. The summed E-state index contributed by atoms with van der Waals surface area (Å²) in [5.41, 5.74) is -1.43. The average Bonchev–Trinajstić information content (AvgIpc) is 2.74. The van der Waals surface area contributed by atoms with Gasteiger partial charge in [-0.15, -0.1) is 11.6 Å². The molecule has 2 aromatic carbocycles. The molecule has 0 saturated carbocycles. The first-order chi connectivity index (χ1) is 15.0.